The van der Waals surface area contributed by atoms with Crippen molar-refractivity contribution in [2.75, 3.05) is 24.7 Å². The van der Waals surface area contributed by atoms with E-state index in [9.17, 15) is 13.2 Å². The van der Waals surface area contributed by atoms with Gasteiger partial charge in [0.1, 0.15) is 6.61 Å². The number of rotatable bonds is 6. The van der Waals surface area contributed by atoms with Gasteiger partial charge in [0, 0.05) is 22.9 Å². The minimum Gasteiger partial charge on any atom is -0.399 e. The van der Waals surface area contributed by atoms with E-state index >= 15 is 0 Å². The molecule has 0 atom stereocenters. The second-order valence-corrected chi connectivity index (χ2v) is 4.61. The minimum atomic E-state index is -4.24. The second-order valence-electron chi connectivity index (χ2n) is 3.44. The summed E-state index contributed by atoms with van der Waals surface area (Å²) in [6, 6.07) is 7.38. The Labute approximate surface area is 102 Å². The largest absolute Gasteiger partial charge is 0.411 e. The van der Waals surface area contributed by atoms with Crippen molar-refractivity contribution < 1.29 is 17.9 Å². The van der Waals surface area contributed by atoms with Gasteiger partial charge in [-0.25, -0.2) is 0 Å². The Morgan fingerprint density at radius 3 is 2.71 bits per heavy atom. The van der Waals surface area contributed by atoms with Crippen LogP contribution < -0.4 is 5.73 Å². The molecule has 1 rings (SSSR count). The van der Waals surface area contributed by atoms with E-state index < -0.39 is 12.8 Å². The molecule has 17 heavy (non-hydrogen) atoms. The van der Waals surface area contributed by atoms with E-state index in [2.05, 4.69) is 4.74 Å². The molecule has 1 aromatic rings. The van der Waals surface area contributed by atoms with Crippen LogP contribution in [0.2, 0.25) is 0 Å². The zero-order chi connectivity index (χ0) is 12.7. The van der Waals surface area contributed by atoms with Crippen molar-refractivity contribution in [3.63, 3.8) is 0 Å². The number of alkyl halides is 3. The van der Waals surface area contributed by atoms with E-state index in [-0.39, 0.29) is 6.61 Å². The summed E-state index contributed by atoms with van der Waals surface area (Å²) in [4.78, 5) is 1.01. The normalized spacial score (nSPS) is 11.7. The van der Waals surface area contributed by atoms with Gasteiger partial charge in [-0.1, -0.05) is 6.07 Å². The second kappa shape index (κ2) is 6.76. The fourth-order valence-corrected chi connectivity index (χ4v) is 2.04. The van der Waals surface area contributed by atoms with Crippen LogP contribution in [0, 0.1) is 0 Å². The zero-order valence-corrected chi connectivity index (χ0v) is 9.98. The first-order chi connectivity index (χ1) is 7.97. The molecule has 1 aromatic carbocycles. The summed E-state index contributed by atoms with van der Waals surface area (Å²) >= 11 is 1.55. The molecule has 2 nitrogen and oxygen atoms in total. The predicted molar refractivity (Wildman–Crippen MR) is 63.1 cm³/mol. The molecule has 0 aliphatic rings. The van der Waals surface area contributed by atoms with E-state index in [0.717, 1.165) is 4.90 Å². The van der Waals surface area contributed by atoms with E-state index in [1.54, 1.807) is 17.8 Å². The Morgan fingerprint density at radius 1 is 1.29 bits per heavy atom. The highest BCUT2D eigenvalue weighted by Gasteiger charge is 2.27. The van der Waals surface area contributed by atoms with Crippen molar-refractivity contribution in [2.24, 2.45) is 0 Å². The molecule has 0 unspecified atom stereocenters. The van der Waals surface area contributed by atoms with E-state index in [4.69, 9.17) is 5.73 Å². The van der Waals surface area contributed by atoms with E-state index in [1.165, 1.54) is 0 Å². The fourth-order valence-electron chi connectivity index (χ4n) is 1.14. The van der Waals surface area contributed by atoms with Gasteiger partial charge in [0.25, 0.3) is 0 Å². The summed E-state index contributed by atoms with van der Waals surface area (Å²) in [7, 11) is 0. The van der Waals surface area contributed by atoms with Crippen LogP contribution in [0.25, 0.3) is 0 Å². The van der Waals surface area contributed by atoms with Crippen LogP contribution in [-0.4, -0.2) is 25.1 Å². The molecule has 0 heterocycles. The predicted octanol–water partition coefficient (Wildman–Crippen LogP) is 3.33. The quantitative estimate of drug-likeness (QED) is 0.487. The van der Waals surface area contributed by atoms with E-state index in [1.807, 2.05) is 18.2 Å². The Balaban J connectivity index is 2.09. The first-order valence-corrected chi connectivity index (χ1v) is 6.09. The highest BCUT2D eigenvalue weighted by Crippen LogP contribution is 2.21. The van der Waals surface area contributed by atoms with Gasteiger partial charge in [-0.2, -0.15) is 13.2 Å². The number of halogens is 3. The SMILES string of the molecule is Nc1cccc(SCCCOCC(F)(F)F)c1. The minimum absolute atomic E-state index is 0.120. The lowest BCUT2D eigenvalue weighted by atomic mass is 10.3. The highest BCUT2D eigenvalue weighted by molar-refractivity contribution is 7.99. The van der Waals surface area contributed by atoms with Gasteiger partial charge in [0.05, 0.1) is 0 Å². The molecule has 0 fully saturated rings. The van der Waals surface area contributed by atoms with Crippen LogP contribution in [0.5, 0.6) is 0 Å². The fraction of sp³-hybridized carbons (Fsp3) is 0.455. The van der Waals surface area contributed by atoms with Gasteiger partial charge in [0.2, 0.25) is 0 Å². The molecule has 96 valence electrons. The first-order valence-electron chi connectivity index (χ1n) is 5.10. The van der Waals surface area contributed by atoms with Gasteiger partial charge >= 0.3 is 6.18 Å². The van der Waals surface area contributed by atoms with Crippen LogP contribution in [0.1, 0.15) is 6.42 Å². The van der Waals surface area contributed by atoms with Crippen LogP contribution in [0.4, 0.5) is 18.9 Å². The molecule has 0 bridgehead atoms. The Bertz CT molecular complexity index is 344. The van der Waals surface area contributed by atoms with Crippen molar-refractivity contribution in [3.8, 4) is 0 Å². The summed E-state index contributed by atoms with van der Waals surface area (Å²) in [6.45, 7) is -1.05. The van der Waals surface area contributed by atoms with Crippen LogP contribution in [0.3, 0.4) is 0 Å². The smallest absolute Gasteiger partial charge is 0.399 e. The van der Waals surface area contributed by atoms with Crippen molar-refractivity contribution in [1.29, 1.82) is 0 Å². The molecule has 0 aliphatic heterocycles. The number of hydrogen-bond donors (Lipinski definition) is 1. The van der Waals surface area contributed by atoms with Gasteiger partial charge in [0.15, 0.2) is 0 Å². The molecule has 0 radical (unpaired) electrons. The Kier molecular flexibility index (Phi) is 5.64. The molecule has 0 spiro atoms. The number of thioether (sulfide) groups is 1. The maximum atomic E-state index is 11.7. The average Bonchev–Trinajstić information content (AvgIpc) is 2.22. The lowest BCUT2D eigenvalue weighted by Crippen LogP contribution is -2.17. The highest BCUT2D eigenvalue weighted by atomic mass is 32.2. The van der Waals surface area contributed by atoms with Gasteiger partial charge < -0.3 is 10.5 Å². The third kappa shape index (κ3) is 7.12. The van der Waals surface area contributed by atoms with Crippen molar-refractivity contribution in [2.45, 2.75) is 17.5 Å². The van der Waals surface area contributed by atoms with Gasteiger partial charge in [-0.3, -0.25) is 0 Å². The van der Waals surface area contributed by atoms with Crippen molar-refractivity contribution in [3.05, 3.63) is 24.3 Å². The first kappa shape index (κ1) is 14.2. The van der Waals surface area contributed by atoms with Gasteiger partial charge in [-0.15, -0.1) is 11.8 Å². The van der Waals surface area contributed by atoms with E-state index in [0.29, 0.717) is 17.9 Å². The summed E-state index contributed by atoms with van der Waals surface area (Å²) < 4.78 is 39.7. The molecule has 0 saturated carbocycles. The summed E-state index contributed by atoms with van der Waals surface area (Å²) in [6.07, 6.45) is -3.66. The maximum Gasteiger partial charge on any atom is 0.411 e. The molecule has 0 aromatic heterocycles. The third-order valence-corrected chi connectivity index (χ3v) is 2.91. The van der Waals surface area contributed by atoms with Crippen LogP contribution in [0.15, 0.2) is 29.2 Å². The van der Waals surface area contributed by atoms with Crippen molar-refractivity contribution in [1.82, 2.24) is 0 Å². The molecular formula is C11H14F3NOS. The van der Waals surface area contributed by atoms with Crippen LogP contribution in [-0.2, 0) is 4.74 Å². The number of nitrogen functional groups attached to an aromatic ring is 1. The standard InChI is InChI=1S/C11H14F3NOS/c12-11(13,14)8-16-5-2-6-17-10-4-1-3-9(15)7-10/h1,3-4,7H,2,5-6,8,15H2. The summed E-state index contributed by atoms with van der Waals surface area (Å²) in [5, 5.41) is 0. The molecule has 6 heteroatoms. The average molecular weight is 265 g/mol. The number of nitrogens with two attached hydrogens (primary N) is 1. The maximum absolute atomic E-state index is 11.7. The Morgan fingerprint density at radius 2 is 2.06 bits per heavy atom. The topological polar surface area (TPSA) is 35.2 Å². The third-order valence-electron chi connectivity index (χ3n) is 1.83. The van der Waals surface area contributed by atoms with Crippen LogP contribution >= 0.6 is 11.8 Å². The monoisotopic (exact) mass is 265 g/mol. The number of hydrogen-bond acceptors (Lipinski definition) is 3. The molecule has 2 N–H and O–H groups in total. The number of anilines is 1. The molecule has 0 aliphatic carbocycles. The van der Waals surface area contributed by atoms with Crippen molar-refractivity contribution >= 4 is 17.4 Å². The summed E-state index contributed by atoms with van der Waals surface area (Å²) in [5.74, 6) is 0.710. The molecule has 0 saturated heterocycles. The molecule has 0 amide bonds. The van der Waals surface area contributed by atoms with Gasteiger partial charge in [-0.05, 0) is 24.6 Å². The number of benzene rings is 1. The lowest BCUT2D eigenvalue weighted by Gasteiger charge is -2.07. The Hall–Kier alpha value is -0.880. The lowest BCUT2D eigenvalue weighted by molar-refractivity contribution is -0.173. The number of ether oxygens (including phenoxy) is 1. The molecular weight excluding hydrogens is 251 g/mol. The summed E-state index contributed by atoms with van der Waals surface area (Å²) in [5.41, 5.74) is 6.28. The zero-order valence-electron chi connectivity index (χ0n) is 9.17.